The first-order chi connectivity index (χ1) is 10.6. The molecule has 0 spiro atoms. The monoisotopic (exact) mass is 322 g/mol. The summed E-state index contributed by atoms with van der Waals surface area (Å²) in [6.07, 6.45) is 3.93. The minimum atomic E-state index is 0.300. The Bertz CT molecular complexity index is 574. The summed E-state index contributed by atoms with van der Waals surface area (Å²) in [5.74, 6) is 2.29. The molecule has 0 radical (unpaired) electrons. The molecule has 6 heteroatoms. The molecule has 1 aromatic heterocycles. The fourth-order valence-corrected chi connectivity index (χ4v) is 3.39. The molecular weight excluding hydrogens is 300 g/mol. The van der Waals surface area contributed by atoms with Crippen LogP contribution in [-0.4, -0.2) is 47.0 Å². The van der Waals surface area contributed by atoms with Gasteiger partial charge in [-0.1, -0.05) is 18.5 Å². The zero-order valence-electron chi connectivity index (χ0n) is 13.3. The Labute approximate surface area is 136 Å². The molecule has 5 nitrogen and oxygen atoms in total. The Morgan fingerprint density at radius 3 is 2.68 bits per heavy atom. The SMILES string of the molecule is CCc1c(Cl)nc(C)nc1N1CCCN(C(=O)C2CC2)CC1. The number of halogens is 1. The average molecular weight is 323 g/mol. The highest BCUT2D eigenvalue weighted by molar-refractivity contribution is 6.30. The topological polar surface area (TPSA) is 49.3 Å². The van der Waals surface area contributed by atoms with Gasteiger partial charge in [0.2, 0.25) is 5.91 Å². The second-order valence-electron chi connectivity index (χ2n) is 6.16. The van der Waals surface area contributed by atoms with Crippen molar-refractivity contribution in [1.29, 1.82) is 0 Å². The van der Waals surface area contributed by atoms with Crippen molar-refractivity contribution < 1.29 is 4.79 Å². The van der Waals surface area contributed by atoms with E-state index in [0.29, 0.717) is 22.8 Å². The van der Waals surface area contributed by atoms with Crippen molar-refractivity contribution in [2.45, 2.75) is 39.5 Å². The van der Waals surface area contributed by atoms with Crippen LogP contribution < -0.4 is 4.90 Å². The third kappa shape index (κ3) is 3.19. The third-order valence-electron chi connectivity index (χ3n) is 4.43. The van der Waals surface area contributed by atoms with E-state index in [1.54, 1.807) is 0 Å². The number of hydrogen-bond acceptors (Lipinski definition) is 4. The first kappa shape index (κ1) is 15.5. The number of aromatic nitrogens is 2. The number of carbonyl (C=O) groups is 1. The number of hydrogen-bond donors (Lipinski definition) is 0. The smallest absolute Gasteiger partial charge is 0.225 e. The number of amides is 1. The van der Waals surface area contributed by atoms with Gasteiger partial charge in [0, 0.05) is 37.7 Å². The minimum absolute atomic E-state index is 0.300. The fraction of sp³-hybridized carbons (Fsp3) is 0.688. The molecule has 22 heavy (non-hydrogen) atoms. The van der Waals surface area contributed by atoms with Crippen LogP contribution in [0.1, 0.15) is 37.6 Å². The van der Waals surface area contributed by atoms with E-state index in [2.05, 4.69) is 21.8 Å². The second-order valence-corrected chi connectivity index (χ2v) is 6.52. The summed E-state index contributed by atoms with van der Waals surface area (Å²) < 4.78 is 0. The van der Waals surface area contributed by atoms with Crippen molar-refractivity contribution >= 4 is 23.3 Å². The largest absolute Gasteiger partial charge is 0.354 e. The molecule has 0 atom stereocenters. The van der Waals surface area contributed by atoms with Crippen LogP contribution in [0.15, 0.2) is 0 Å². The highest BCUT2D eigenvalue weighted by atomic mass is 35.5. The maximum atomic E-state index is 12.2. The first-order valence-electron chi connectivity index (χ1n) is 8.17. The van der Waals surface area contributed by atoms with E-state index in [1.807, 2.05) is 11.8 Å². The normalized spacial score (nSPS) is 19.2. The highest BCUT2D eigenvalue weighted by Gasteiger charge is 2.34. The summed E-state index contributed by atoms with van der Waals surface area (Å²) in [5, 5.41) is 0.556. The predicted molar refractivity (Wildman–Crippen MR) is 87.3 cm³/mol. The molecule has 1 amide bonds. The van der Waals surface area contributed by atoms with Crippen LogP contribution in [0.25, 0.3) is 0 Å². The maximum Gasteiger partial charge on any atom is 0.225 e. The molecular formula is C16H23ClN4O. The van der Waals surface area contributed by atoms with Crippen LogP contribution in [0, 0.1) is 12.8 Å². The molecule has 120 valence electrons. The van der Waals surface area contributed by atoms with Crippen LogP contribution >= 0.6 is 11.6 Å². The molecule has 2 fully saturated rings. The molecule has 0 N–H and O–H groups in total. The molecule has 1 saturated heterocycles. The lowest BCUT2D eigenvalue weighted by Gasteiger charge is -2.25. The number of nitrogens with zero attached hydrogens (tertiary/aromatic N) is 4. The molecule has 2 aliphatic rings. The Hall–Kier alpha value is -1.36. The Morgan fingerprint density at radius 2 is 2.00 bits per heavy atom. The van der Waals surface area contributed by atoms with Gasteiger partial charge in [-0.05, 0) is 32.6 Å². The molecule has 0 unspecified atom stereocenters. The van der Waals surface area contributed by atoms with Gasteiger partial charge in [-0.2, -0.15) is 0 Å². The minimum Gasteiger partial charge on any atom is -0.354 e. The summed E-state index contributed by atoms with van der Waals surface area (Å²) in [7, 11) is 0. The van der Waals surface area contributed by atoms with Crippen molar-refractivity contribution in [2.75, 3.05) is 31.1 Å². The van der Waals surface area contributed by atoms with E-state index in [1.165, 1.54) is 0 Å². The molecule has 0 aromatic carbocycles. The van der Waals surface area contributed by atoms with Crippen LogP contribution in [0.4, 0.5) is 5.82 Å². The van der Waals surface area contributed by atoms with Gasteiger partial charge >= 0.3 is 0 Å². The van der Waals surface area contributed by atoms with Crippen molar-refractivity contribution in [2.24, 2.45) is 5.92 Å². The zero-order chi connectivity index (χ0) is 15.7. The average Bonchev–Trinajstić information content (AvgIpc) is 3.32. The molecule has 1 aliphatic heterocycles. The number of aryl methyl sites for hydroxylation is 1. The van der Waals surface area contributed by atoms with Gasteiger partial charge in [-0.15, -0.1) is 0 Å². The van der Waals surface area contributed by atoms with Crippen molar-refractivity contribution in [3.8, 4) is 0 Å². The number of carbonyl (C=O) groups excluding carboxylic acids is 1. The van der Waals surface area contributed by atoms with Gasteiger partial charge in [0.25, 0.3) is 0 Å². The molecule has 2 heterocycles. The third-order valence-corrected chi connectivity index (χ3v) is 4.75. The van der Waals surface area contributed by atoms with Gasteiger partial charge < -0.3 is 9.80 Å². The predicted octanol–water partition coefficient (Wildman–Crippen LogP) is 2.45. The molecule has 1 saturated carbocycles. The van der Waals surface area contributed by atoms with Crippen LogP contribution in [-0.2, 0) is 11.2 Å². The van der Waals surface area contributed by atoms with Gasteiger partial charge in [0.15, 0.2) is 0 Å². The van der Waals surface area contributed by atoms with Crippen LogP contribution in [0.5, 0.6) is 0 Å². The quantitative estimate of drug-likeness (QED) is 0.802. The van der Waals surface area contributed by atoms with Crippen molar-refractivity contribution in [3.63, 3.8) is 0 Å². The van der Waals surface area contributed by atoms with Gasteiger partial charge in [0.1, 0.15) is 16.8 Å². The molecule has 3 rings (SSSR count). The Kier molecular flexibility index (Phi) is 4.52. The second kappa shape index (κ2) is 6.41. The van der Waals surface area contributed by atoms with Crippen LogP contribution in [0.2, 0.25) is 5.15 Å². The van der Waals surface area contributed by atoms with Crippen molar-refractivity contribution in [3.05, 3.63) is 16.5 Å². The lowest BCUT2D eigenvalue weighted by atomic mass is 10.2. The first-order valence-corrected chi connectivity index (χ1v) is 8.54. The fourth-order valence-electron chi connectivity index (χ4n) is 3.05. The summed E-state index contributed by atoms with van der Waals surface area (Å²) in [6.45, 7) is 7.30. The van der Waals surface area contributed by atoms with Gasteiger partial charge in [-0.3, -0.25) is 4.79 Å². The van der Waals surface area contributed by atoms with E-state index in [0.717, 1.165) is 63.2 Å². The highest BCUT2D eigenvalue weighted by Crippen LogP contribution is 2.32. The molecule has 1 aliphatic carbocycles. The number of rotatable bonds is 3. The molecule has 0 bridgehead atoms. The zero-order valence-corrected chi connectivity index (χ0v) is 14.1. The van der Waals surface area contributed by atoms with E-state index >= 15 is 0 Å². The van der Waals surface area contributed by atoms with Gasteiger partial charge in [0.05, 0.1) is 0 Å². The number of anilines is 1. The van der Waals surface area contributed by atoms with Gasteiger partial charge in [-0.25, -0.2) is 9.97 Å². The Balaban J connectivity index is 1.77. The van der Waals surface area contributed by atoms with Crippen LogP contribution in [0.3, 0.4) is 0 Å². The standard InChI is InChI=1S/C16H23ClN4O/c1-3-13-14(17)18-11(2)19-15(13)20-7-4-8-21(10-9-20)16(22)12-5-6-12/h12H,3-10H2,1-2H3. The molecule has 1 aromatic rings. The van der Waals surface area contributed by atoms with Crippen molar-refractivity contribution in [1.82, 2.24) is 14.9 Å². The Morgan fingerprint density at radius 1 is 1.23 bits per heavy atom. The van der Waals surface area contributed by atoms with E-state index < -0.39 is 0 Å². The van der Waals surface area contributed by atoms with E-state index in [9.17, 15) is 4.79 Å². The summed E-state index contributed by atoms with van der Waals surface area (Å²) in [5.41, 5.74) is 1.01. The lowest BCUT2D eigenvalue weighted by Crippen LogP contribution is -2.36. The lowest BCUT2D eigenvalue weighted by molar-refractivity contribution is -0.132. The van der Waals surface area contributed by atoms with E-state index in [4.69, 9.17) is 11.6 Å². The maximum absolute atomic E-state index is 12.2. The summed E-state index contributed by atoms with van der Waals surface area (Å²) in [6, 6.07) is 0. The van der Waals surface area contributed by atoms with E-state index in [-0.39, 0.29) is 0 Å². The summed E-state index contributed by atoms with van der Waals surface area (Å²) >= 11 is 6.28. The summed E-state index contributed by atoms with van der Waals surface area (Å²) in [4.78, 5) is 25.4.